The molecule has 4 nitrogen and oxygen atoms in total. The Morgan fingerprint density at radius 3 is 2.89 bits per heavy atom. The smallest absolute Gasteiger partial charge is 0.255 e. The van der Waals surface area contributed by atoms with E-state index in [9.17, 15) is 4.79 Å². The monoisotopic (exact) mass is 262 g/mol. The van der Waals surface area contributed by atoms with E-state index in [-0.39, 0.29) is 11.9 Å². The fourth-order valence-electron chi connectivity index (χ4n) is 2.72. The Kier molecular flexibility index (Phi) is 4.30. The average Bonchev–Trinajstić information content (AvgIpc) is 2.38. The van der Waals surface area contributed by atoms with E-state index in [0.717, 1.165) is 12.8 Å². The van der Waals surface area contributed by atoms with Crippen LogP contribution in [0.1, 0.15) is 43.0 Å². The molecule has 0 saturated heterocycles. The molecule has 19 heavy (non-hydrogen) atoms. The van der Waals surface area contributed by atoms with Crippen molar-refractivity contribution in [1.29, 1.82) is 0 Å². The molecule has 0 aliphatic heterocycles. The molecule has 1 aromatic rings. The SMILES string of the molecule is COc1cc(N)ccc1C(=O)NC1CCCC(C)C1. The third-order valence-electron chi connectivity index (χ3n) is 3.74. The zero-order valence-electron chi connectivity index (χ0n) is 11.6. The molecule has 1 aromatic carbocycles. The van der Waals surface area contributed by atoms with E-state index in [1.165, 1.54) is 12.8 Å². The molecule has 1 aliphatic carbocycles. The maximum absolute atomic E-state index is 12.3. The third-order valence-corrected chi connectivity index (χ3v) is 3.74. The van der Waals surface area contributed by atoms with Gasteiger partial charge in [0.2, 0.25) is 0 Å². The zero-order chi connectivity index (χ0) is 13.8. The van der Waals surface area contributed by atoms with Crippen molar-refractivity contribution in [3.05, 3.63) is 23.8 Å². The second kappa shape index (κ2) is 5.95. The minimum atomic E-state index is -0.0732. The predicted octanol–water partition coefficient (Wildman–Crippen LogP) is 2.59. The molecule has 104 valence electrons. The van der Waals surface area contributed by atoms with E-state index in [1.807, 2.05) is 0 Å². The Morgan fingerprint density at radius 2 is 2.21 bits per heavy atom. The number of hydrogen-bond donors (Lipinski definition) is 2. The van der Waals surface area contributed by atoms with Crippen molar-refractivity contribution in [3.63, 3.8) is 0 Å². The zero-order valence-corrected chi connectivity index (χ0v) is 11.6. The number of nitrogen functional groups attached to an aromatic ring is 1. The number of carbonyl (C=O) groups is 1. The molecular weight excluding hydrogens is 240 g/mol. The van der Waals surface area contributed by atoms with Crippen molar-refractivity contribution in [2.45, 2.75) is 38.6 Å². The number of carbonyl (C=O) groups excluding carboxylic acids is 1. The minimum absolute atomic E-state index is 0.0732. The van der Waals surface area contributed by atoms with Crippen LogP contribution in [0.2, 0.25) is 0 Å². The fraction of sp³-hybridized carbons (Fsp3) is 0.533. The lowest BCUT2D eigenvalue weighted by atomic mass is 9.87. The van der Waals surface area contributed by atoms with Gasteiger partial charge in [0.15, 0.2) is 0 Å². The van der Waals surface area contributed by atoms with Crippen LogP contribution in [0.4, 0.5) is 5.69 Å². The first-order valence-corrected chi connectivity index (χ1v) is 6.84. The van der Waals surface area contributed by atoms with Crippen molar-refractivity contribution in [2.24, 2.45) is 5.92 Å². The molecule has 0 spiro atoms. The summed E-state index contributed by atoms with van der Waals surface area (Å²) in [6, 6.07) is 5.40. The van der Waals surface area contributed by atoms with Gasteiger partial charge in [-0.3, -0.25) is 4.79 Å². The highest BCUT2D eigenvalue weighted by Gasteiger charge is 2.22. The van der Waals surface area contributed by atoms with Crippen LogP contribution in [0.3, 0.4) is 0 Å². The van der Waals surface area contributed by atoms with Gasteiger partial charge in [0.05, 0.1) is 12.7 Å². The van der Waals surface area contributed by atoms with E-state index in [0.29, 0.717) is 22.9 Å². The molecule has 2 unspecified atom stereocenters. The third kappa shape index (κ3) is 3.40. The lowest BCUT2D eigenvalue weighted by Gasteiger charge is -2.27. The second-order valence-electron chi connectivity index (χ2n) is 5.40. The maximum Gasteiger partial charge on any atom is 0.255 e. The van der Waals surface area contributed by atoms with Crippen LogP contribution in [0.5, 0.6) is 5.75 Å². The molecule has 2 atom stereocenters. The standard InChI is InChI=1S/C15H22N2O2/c1-10-4-3-5-12(8-10)17-15(18)13-7-6-11(16)9-14(13)19-2/h6-7,9-10,12H,3-5,8,16H2,1-2H3,(H,17,18). The number of rotatable bonds is 3. The Hall–Kier alpha value is -1.71. The van der Waals surface area contributed by atoms with E-state index in [2.05, 4.69) is 12.2 Å². The summed E-state index contributed by atoms with van der Waals surface area (Å²) in [5.74, 6) is 1.14. The predicted molar refractivity (Wildman–Crippen MR) is 76.3 cm³/mol. The van der Waals surface area contributed by atoms with Gasteiger partial charge in [-0.05, 0) is 30.9 Å². The van der Waals surface area contributed by atoms with Gasteiger partial charge in [-0.25, -0.2) is 0 Å². The largest absolute Gasteiger partial charge is 0.496 e. The highest BCUT2D eigenvalue weighted by molar-refractivity contribution is 5.97. The summed E-state index contributed by atoms with van der Waals surface area (Å²) in [6.45, 7) is 2.24. The first kappa shape index (κ1) is 13.7. The summed E-state index contributed by atoms with van der Waals surface area (Å²) < 4.78 is 5.22. The summed E-state index contributed by atoms with van der Waals surface area (Å²) in [4.78, 5) is 12.3. The van der Waals surface area contributed by atoms with Crippen LogP contribution in [0.15, 0.2) is 18.2 Å². The molecule has 0 bridgehead atoms. The lowest BCUT2D eigenvalue weighted by molar-refractivity contribution is 0.0918. The number of ether oxygens (including phenoxy) is 1. The number of amides is 1. The highest BCUT2D eigenvalue weighted by Crippen LogP contribution is 2.25. The Balaban J connectivity index is 2.07. The molecule has 3 N–H and O–H groups in total. The molecule has 1 amide bonds. The second-order valence-corrected chi connectivity index (χ2v) is 5.40. The quantitative estimate of drug-likeness (QED) is 0.823. The maximum atomic E-state index is 12.3. The molecule has 1 fully saturated rings. The summed E-state index contributed by atoms with van der Waals surface area (Å²) in [5, 5.41) is 3.10. The van der Waals surface area contributed by atoms with Crippen LogP contribution >= 0.6 is 0 Å². The number of hydrogen-bond acceptors (Lipinski definition) is 3. The van der Waals surface area contributed by atoms with Gasteiger partial charge >= 0.3 is 0 Å². The summed E-state index contributed by atoms with van der Waals surface area (Å²) in [7, 11) is 1.55. The number of methoxy groups -OCH3 is 1. The minimum Gasteiger partial charge on any atom is -0.496 e. The number of benzene rings is 1. The van der Waals surface area contributed by atoms with Crippen molar-refractivity contribution in [2.75, 3.05) is 12.8 Å². The Labute approximate surface area is 114 Å². The number of nitrogens with two attached hydrogens (primary N) is 1. The Morgan fingerprint density at radius 1 is 1.42 bits per heavy atom. The average molecular weight is 262 g/mol. The normalized spacial score (nSPS) is 22.8. The summed E-state index contributed by atoms with van der Waals surface area (Å²) in [5.41, 5.74) is 6.84. The van der Waals surface area contributed by atoms with Gasteiger partial charge in [0, 0.05) is 17.8 Å². The van der Waals surface area contributed by atoms with Crippen LogP contribution in [-0.4, -0.2) is 19.1 Å². The van der Waals surface area contributed by atoms with Crippen LogP contribution in [0, 0.1) is 5.92 Å². The van der Waals surface area contributed by atoms with Crippen molar-refractivity contribution in [3.8, 4) is 5.75 Å². The van der Waals surface area contributed by atoms with Gasteiger partial charge in [0.25, 0.3) is 5.91 Å². The van der Waals surface area contributed by atoms with Crippen LogP contribution < -0.4 is 15.8 Å². The van der Waals surface area contributed by atoms with E-state index in [4.69, 9.17) is 10.5 Å². The molecule has 0 aromatic heterocycles. The van der Waals surface area contributed by atoms with Gasteiger partial charge in [0.1, 0.15) is 5.75 Å². The summed E-state index contributed by atoms with van der Waals surface area (Å²) >= 11 is 0. The number of nitrogens with one attached hydrogen (secondary N) is 1. The van der Waals surface area contributed by atoms with Crippen molar-refractivity contribution in [1.82, 2.24) is 5.32 Å². The van der Waals surface area contributed by atoms with Gasteiger partial charge in [-0.1, -0.05) is 19.8 Å². The lowest BCUT2D eigenvalue weighted by Crippen LogP contribution is -2.38. The van der Waals surface area contributed by atoms with E-state index < -0.39 is 0 Å². The Bertz CT molecular complexity index is 459. The molecular formula is C15H22N2O2. The molecule has 4 heteroatoms. The van der Waals surface area contributed by atoms with E-state index >= 15 is 0 Å². The highest BCUT2D eigenvalue weighted by atomic mass is 16.5. The topological polar surface area (TPSA) is 64.3 Å². The summed E-state index contributed by atoms with van der Waals surface area (Å²) in [6.07, 6.45) is 4.57. The van der Waals surface area contributed by atoms with Crippen LogP contribution in [-0.2, 0) is 0 Å². The molecule has 1 aliphatic rings. The molecule has 2 rings (SSSR count). The molecule has 0 radical (unpaired) electrons. The van der Waals surface area contributed by atoms with E-state index in [1.54, 1.807) is 25.3 Å². The first-order chi connectivity index (χ1) is 9.10. The van der Waals surface area contributed by atoms with Crippen LogP contribution in [0.25, 0.3) is 0 Å². The van der Waals surface area contributed by atoms with Crippen molar-refractivity contribution >= 4 is 11.6 Å². The fourth-order valence-corrected chi connectivity index (χ4v) is 2.72. The number of anilines is 1. The first-order valence-electron chi connectivity index (χ1n) is 6.84. The molecule has 0 heterocycles. The van der Waals surface area contributed by atoms with Gasteiger partial charge in [-0.15, -0.1) is 0 Å². The van der Waals surface area contributed by atoms with Gasteiger partial charge in [-0.2, -0.15) is 0 Å². The molecule has 1 saturated carbocycles. The van der Waals surface area contributed by atoms with Gasteiger partial charge < -0.3 is 15.8 Å². The van der Waals surface area contributed by atoms with Crippen molar-refractivity contribution < 1.29 is 9.53 Å².